The second-order valence-corrected chi connectivity index (χ2v) is 7.05. The van der Waals surface area contributed by atoms with E-state index in [4.69, 9.17) is 18.9 Å². The molecular formula is C25H27NO6. The number of benzene rings is 2. The Labute approximate surface area is 187 Å². The number of rotatable bonds is 7. The van der Waals surface area contributed by atoms with Crippen molar-refractivity contribution in [2.45, 2.75) is 19.8 Å². The van der Waals surface area contributed by atoms with E-state index in [2.05, 4.69) is 0 Å². The van der Waals surface area contributed by atoms with Crippen molar-refractivity contribution >= 4 is 17.6 Å². The van der Waals surface area contributed by atoms with Gasteiger partial charge in [0.25, 0.3) is 0 Å². The molecule has 0 radical (unpaired) electrons. The van der Waals surface area contributed by atoms with Crippen LogP contribution in [0.1, 0.15) is 25.3 Å². The summed E-state index contributed by atoms with van der Waals surface area (Å²) < 4.78 is 20.9. The fourth-order valence-corrected chi connectivity index (χ4v) is 3.73. The number of ether oxygens (including phenoxy) is 4. The highest BCUT2D eigenvalue weighted by Crippen LogP contribution is 2.40. The predicted octanol–water partition coefficient (Wildman–Crippen LogP) is 4.20. The van der Waals surface area contributed by atoms with Gasteiger partial charge in [-0.25, -0.2) is 9.59 Å². The lowest BCUT2D eigenvalue weighted by Crippen LogP contribution is -2.34. The smallest absolute Gasteiger partial charge is 0.354 e. The molecule has 0 saturated carbocycles. The molecule has 0 aliphatic carbocycles. The lowest BCUT2D eigenvalue weighted by Gasteiger charge is -2.35. The van der Waals surface area contributed by atoms with Crippen molar-refractivity contribution in [1.82, 2.24) is 0 Å². The average molecular weight is 437 g/mol. The Morgan fingerprint density at radius 1 is 0.875 bits per heavy atom. The first-order chi connectivity index (χ1) is 15.4. The average Bonchev–Trinajstić information content (AvgIpc) is 2.83. The zero-order chi connectivity index (χ0) is 23.3. The van der Waals surface area contributed by atoms with Gasteiger partial charge >= 0.3 is 11.9 Å². The van der Waals surface area contributed by atoms with Crippen molar-refractivity contribution in [3.05, 3.63) is 77.1 Å². The Balaban J connectivity index is 2.19. The number of hydrogen-bond donors (Lipinski definition) is 0. The van der Waals surface area contributed by atoms with E-state index in [1.54, 1.807) is 51.2 Å². The van der Waals surface area contributed by atoms with Gasteiger partial charge in [0, 0.05) is 17.3 Å². The SMILES string of the molecule is CCOC(=O)C1=C(C)N(c2ccc(OC)cc2)C(C(=O)OC)=CC1c1ccc(OC)cc1. The number of hydrogen-bond acceptors (Lipinski definition) is 7. The standard InChI is InChI=1S/C25H27NO6/c1-6-32-25(28)23-16(2)26(18-9-13-20(30-4)14-10-18)22(24(27)31-5)15-21(23)17-7-11-19(29-3)12-8-17/h7-15,21H,6H2,1-5H3. The van der Waals surface area contributed by atoms with E-state index in [9.17, 15) is 9.59 Å². The molecule has 7 nitrogen and oxygen atoms in total. The van der Waals surface area contributed by atoms with Gasteiger partial charge < -0.3 is 23.8 Å². The maximum Gasteiger partial charge on any atom is 0.354 e. The van der Waals surface area contributed by atoms with Crippen molar-refractivity contribution in [3.63, 3.8) is 0 Å². The van der Waals surface area contributed by atoms with Crippen LogP contribution in [0.25, 0.3) is 0 Å². The molecule has 1 heterocycles. The van der Waals surface area contributed by atoms with Crippen LogP contribution in [0, 0.1) is 0 Å². The van der Waals surface area contributed by atoms with Gasteiger partial charge in [0.1, 0.15) is 17.2 Å². The minimum Gasteiger partial charge on any atom is -0.497 e. The number of esters is 2. The van der Waals surface area contributed by atoms with Crippen LogP contribution in [0.3, 0.4) is 0 Å². The molecule has 168 valence electrons. The second-order valence-electron chi connectivity index (χ2n) is 7.05. The van der Waals surface area contributed by atoms with Crippen LogP contribution < -0.4 is 14.4 Å². The van der Waals surface area contributed by atoms with Gasteiger partial charge in [-0.3, -0.25) is 0 Å². The van der Waals surface area contributed by atoms with Crippen LogP contribution in [0.4, 0.5) is 5.69 Å². The maximum absolute atomic E-state index is 13.0. The van der Waals surface area contributed by atoms with Crippen LogP contribution in [0.15, 0.2) is 71.6 Å². The molecule has 0 amide bonds. The van der Waals surface area contributed by atoms with E-state index < -0.39 is 17.9 Å². The molecule has 1 aliphatic heterocycles. The molecule has 7 heteroatoms. The zero-order valence-electron chi connectivity index (χ0n) is 18.9. The van der Waals surface area contributed by atoms with E-state index in [0.717, 1.165) is 5.56 Å². The molecule has 0 N–H and O–H groups in total. The van der Waals surface area contributed by atoms with E-state index >= 15 is 0 Å². The molecule has 1 aliphatic rings. The molecule has 0 aromatic heterocycles. The summed E-state index contributed by atoms with van der Waals surface area (Å²) >= 11 is 0. The molecule has 0 spiro atoms. The molecule has 0 saturated heterocycles. The summed E-state index contributed by atoms with van der Waals surface area (Å²) in [6.45, 7) is 3.79. The van der Waals surface area contributed by atoms with Crippen LogP contribution in [0.2, 0.25) is 0 Å². The third-order valence-electron chi connectivity index (χ3n) is 5.30. The van der Waals surface area contributed by atoms with Gasteiger partial charge in [0.05, 0.1) is 33.5 Å². The molecule has 32 heavy (non-hydrogen) atoms. The monoisotopic (exact) mass is 437 g/mol. The number of methoxy groups -OCH3 is 3. The third kappa shape index (κ3) is 4.46. The highest BCUT2D eigenvalue weighted by molar-refractivity contribution is 6.00. The Bertz CT molecular complexity index is 1040. The van der Waals surface area contributed by atoms with Crippen LogP contribution in [0.5, 0.6) is 11.5 Å². The van der Waals surface area contributed by atoms with Crippen molar-refractivity contribution in [3.8, 4) is 11.5 Å². The topological polar surface area (TPSA) is 74.3 Å². The first-order valence-corrected chi connectivity index (χ1v) is 10.2. The number of nitrogens with zero attached hydrogens (tertiary/aromatic N) is 1. The van der Waals surface area contributed by atoms with Gasteiger partial charge in [0.15, 0.2) is 0 Å². The Morgan fingerprint density at radius 3 is 1.94 bits per heavy atom. The first-order valence-electron chi connectivity index (χ1n) is 10.2. The number of anilines is 1. The summed E-state index contributed by atoms with van der Waals surface area (Å²) in [5.41, 5.74) is 2.85. The number of carbonyl (C=O) groups is 2. The molecule has 2 aromatic carbocycles. The first kappa shape index (κ1) is 22.9. The van der Waals surface area contributed by atoms with Crippen molar-refractivity contribution in [2.24, 2.45) is 0 Å². The molecule has 1 unspecified atom stereocenters. The summed E-state index contributed by atoms with van der Waals surface area (Å²) in [6.07, 6.45) is 1.73. The molecule has 0 fully saturated rings. The highest BCUT2D eigenvalue weighted by Gasteiger charge is 2.36. The normalized spacial score (nSPS) is 15.7. The summed E-state index contributed by atoms with van der Waals surface area (Å²) in [5, 5.41) is 0. The van der Waals surface area contributed by atoms with E-state index in [-0.39, 0.29) is 6.61 Å². The molecule has 1 atom stereocenters. The van der Waals surface area contributed by atoms with Crippen LogP contribution in [-0.2, 0) is 19.1 Å². The number of allylic oxidation sites excluding steroid dienone is 2. The number of carbonyl (C=O) groups excluding carboxylic acids is 2. The summed E-state index contributed by atoms with van der Waals surface area (Å²) in [7, 11) is 4.50. The van der Waals surface area contributed by atoms with Gasteiger partial charge in [-0.1, -0.05) is 12.1 Å². The Morgan fingerprint density at radius 2 is 1.44 bits per heavy atom. The fourth-order valence-electron chi connectivity index (χ4n) is 3.73. The third-order valence-corrected chi connectivity index (χ3v) is 5.30. The summed E-state index contributed by atoms with van der Waals surface area (Å²) in [4.78, 5) is 27.5. The van der Waals surface area contributed by atoms with Gasteiger partial charge in [-0.05, 0) is 61.9 Å². The zero-order valence-corrected chi connectivity index (χ0v) is 18.9. The quantitative estimate of drug-likeness (QED) is 0.601. The minimum absolute atomic E-state index is 0.237. The van der Waals surface area contributed by atoms with Crippen LogP contribution in [-0.4, -0.2) is 39.9 Å². The highest BCUT2D eigenvalue weighted by atomic mass is 16.5. The lowest BCUT2D eigenvalue weighted by atomic mass is 9.85. The van der Waals surface area contributed by atoms with Gasteiger partial charge in [-0.15, -0.1) is 0 Å². The molecule has 0 bridgehead atoms. The van der Waals surface area contributed by atoms with E-state index in [1.807, 2.05) is 36.4 Å². The Hall–Kier alpha value is -3.74. The minimum atomic E-state index is -0.512. The lowest BCUT2D eigenvalue weighted by molar-refractivity contribution is -0.139. The summed E-state index contributed by atoms with van der Waals surface area (Å²) in [5.74, 6) is -0.0765. The predicted molar refractivity (Wildman–Crippen MR) is 121 cm³/mol. The fraction of sp³-hybridized carbons (Fsp3) is 0.280. The summed E-state index contributed by atoms with van der Waals surface area (Å²) in [6, 6.07) is 14.6. The largest absolute Gasteiger partial charge is 0.497 e. The van der Waals surface area contributed by atoms with Crippen molar-refractivity contribution < 1.29 is 28.5 Å². The van der Waals surface area contributed by atoms with Crippen molar-refractivity contribution in [2.75, 3.05) is 32.8 Å². The molecular weight excluding hydrogens is 410 g/mol. The van der Waals surface area contributed by atoms with E-state index in [1.165, 1.54) is 7.11 Å². The van der Waals surface area contributed by atoms with E-state index in [0.29, 0.717) is 34.2 Å². The Kier molecular flexibility index (Phi) is 7.20. The maximum atomic E-state index is 13.0. The van der Waals surface area contributed by atoms with Gasteiger partial charge in [-0.2, -0.15) is 0 Å². The van der Waals surface area contributed by atoms with Crippen molar-refractivity contribution in [1.29, 1.82) is 0 Å². The second kappa shape index (κ2) is 10.0. The van der Waals surface area contributed by atoms with Crippen LogP contribution >= 0.6 is 0 Å². The van der Waals surface area contributed by atoms with Gasteiger partial charge in [0.2, 0.25) is 0 Å². The molecule has 3 rings (SSSR count). The molecule has 2 aromatic rings.